The Labute approximate surface area is 150 Å². The molecule has 0 aliphatic rings. The molecule has 1 aromatic carbocycles. The van der Waals surface area contributed by atoms with Crippen LogP contribution in [0.15, 0.2) is 30.9 Å². The van der Waals surface area contributed by atoms with Crippen molar-refractivity contribution in [3.8, 4) is 5.69 Å². The van der Waals surface area contributed by atoms with Crippen LogP contribution in [0.4, 0.5) is 5.69 Å². The Morgan fingerprint density at radius 1 is 1.40 bits per heavy atom. The van der Waals surface area contributed by atoms with Crippen LogP contribution in [0.3, 0.4) is 0 Å². The van der Waals surface area contributed by atoms with E-state index in [1.165, 1.54) is 17.3 Å². The first-order valence-electron chi connectivity index (χ1n) is 7.83. The number of carboxylic acid groups (broad SMARTS) is 1. The van der Waals surface area contributed by atoms with Crippen LogP contribution in [0.25, 0.3) is 5.69 Å². The maximum atomic E-state index is 12.2. The van der Waals surface area contributed by atoms with E-state index in [9.17, 15) is 14.7 Å². The molecule has 2 aromatic rings. The van der Waals surface area contributed by atoms with E-state index in [0.29, 0.717) is 22.8 Å². The highest BCUT2D eigenvalue weighted by Crippen LogP contribution is 2.23. The average molecular weight is 366 g/mol. The Kier molecular flexibility index (Phi) is 6.49. The topological polar surface area (TPSA) is 109 Å². The summed E-state index contributed by atoms with van der Waals surface area (Å²) in [6, 6.07) is 4.19. The molecular formula is C16H20ClN5O3. The molecule has 1 heterocycles. The number of carbonyl (C=O) groups is 2. The second-order valence-electron chi connectivity index (χ2n) is 5.63. The minimum atomic E-state index is -0.979. The fraction of sp³-hybridized carbons (Fsp3) is 0.375. The minimum absolute atomic E-state index is 0.0952. The predicted molar refractivity (Wildman–Crippen MR) is 93.9 cm³/mol. The van der Waals surface area contributed by atoms with Crippen molar-refractivity contribution in [2.24, 2.45) is 5.92 Å². The summed E-state index contributed by atoms with van der Waals surface area (Å²) in [6.45, 7) is 3.59. The van der Waals surface area contributed by atoms with E-state index in [-0.39, 0.29) is 18.4 Å². The number of hydrogen-bond donors (Lipinski definition) is 3. The van der Waals surface area contributed by atoms with Crippen LogP contribution in [0.1, 0.15) is 20.3 Å². The van der Waals surface area contributed by atoms with E-state index in [1.807, 2.05) is 13.8 Å². The molecule has 8 nitrogen and oxygen atoms in total. The van der Waals surface area contributed by atoms with Gasteiger partial charge in [0, 0.05) is 5.02 Å². The van der Waals surface area contributed by atoms with Crippen molar-refractivity contribution in [1.29, 1.82) is 0 Å². The number of benzene rings is 1. The molecule has 2 rings (SSSR count). The van der Waals surface area contributed by atoms with Crippen LogP contribution < -0.4 is 10.6 Å². The lowest BCUT2D eigenvalue weighted by molar-refractivity contribution is -0.140. The van der Waals surface area contributed by atoms with Crippen LogP contribution in [-0.2, 0) is 9.59 Å². The fourth-order valence-corrected chi connectivity index (χ4v) is 2.48. The van der Waals surface area contributed by atoms with Gasteiger partial charge >= 0.3 is 5.97 Å². The van der Waals surface area contributed by atoms with Crippen LogP contribution in [-0.4, -0.2) is 44.3 Å². The van der Waals surface area contributed by atoms with Crippen LogP contribution >= 0.6 is 11.6 Å². The van der Waals surface area contributed by atoms with Crippen molar-refractivity contribution >= 4 is 29.2 Å². The second kappa shape index (κ2) is 8.59. The molecule has 0 unspecified atom stereocenters. The SMILES string of the molecule is CC[C@H](C)[C@H](NCC(=O)Nc1cc(Cl)ccc1-n1cncn1)C(=O)O. The van der Waals surface area contributed by atoms with Crippen molar-refractivity contribution in [3.63, 3.8) is 0 Å². The summed E-state index contributed by atoms with van der Waals surface area (Å²) in [5.74, 6) is -1.45. The number of rotatable bonds is 8. The number of hydrogen-bond acceptors (Lipinski definition) is 5. The molecule has 0 bridgehead atoms. The van der Waals surface area contributed by atoms with Gasteiger partial charge in [0.2, 0.25) is 5.91 Å². The zero-order valence-corrected chi connectivity index (χ0v) is 14.7. The number of halogens is 1. The lowest BCUT2D eigenvalue weighted by atomic mass is 9.99. The van der Waals surface area contributed by atoms with E-state index in [2.05, 4.69) is 20.7 Å². The van der Waals surface area contributed by atoms with E-state index in [1.54, 1.807) is 18.2 Å². The Hall–Kier alpha value is -2.45. The van der Waals surface area contributed by atoms with Gasteiger partial charge in [-0.2, -0.15) is 5.10 Å². The molecule has 25 heavy (non-hydrogen) atoms. The van der Waals surface area contributed by atoms with Gasteiger partial charge in [0.05, 0.1) is 17.9 Å². The summed E-state index contributed by atoms with van der Waals surface area (Å²) in [7, 11) is 0. The molecule has 0 spiro atoms. The summed E-state index contributed by atoms with van der Waals surface area (Å²) in [4.78, 5) is 27.4. The van der Waals surface area contributed by atoms with E-state index in [0.717, 1.165) is 0 Å². The molecule has 3 N–H and O–H groups in total. The Balaban J connectivity index is 2.08. The average Bonchev–Trinajstić information content (AvgIpc) is 3.08. The van der Waals surface area contributed by atoms with E-state index in [4.69, 9.17) is 11.6 Å². The molecule has 0 saturated heterocycles. The van der Waals surface area contributed by atoms with Crippen molar-refractivity contribution in [2.45, 2.75) is 26.3 Å². The molecular weight excluding hydrogens is 346 g/mol. The number of nitrogens with zero attached hydrogens (tertiary/aromatic N) is 3. The van der Waals surface area contributed by atoms with Gasteiger partial charge in [-0.15, -0.1) is 0 Å². The molecule has 134 valence electrons. The maximum absolute atomic E-state index is 12.2. The van der Waals surface area contributed by atoms with Crippen LogP contribution in [0, 0.1) is 5.92 Å². The summed E-state index contributed by atoms with van der Waals surface area (Å²) in [5, 5.41) is 19.2. The van der Waals surface area contributed by atoms with Gasteiger partial charge in [-0.3, -0.25) is 14.9 Å². The summed E-state index contributed by atoms with van der Waals surface area (Å²) in [6.07, 6.45) is 3.57. The molecule has 2 atom stereocenters. The van der Waals surface area contributed by atoms with Gasteiger partial charge in [-0.1, -0.05) is 31.9 Å². The zero-order valence-electron chi connectivity index (χ0n) is 13.9. The van der Waals surface area contributed by atoms with Crippen LogP contribution in [0.2, 0.25) is 5.02 Å². The number of carboxylic acids is 1. The monoisotopic (exact) mass is 365 g/mol. The molecule has 0 aliphatic heterocycles. The second-order valence-corrected chi connectivity index (χ2v) is 6.07. The molecule has 1 amide bonds. The maximum Gasteiger partial charge on any atom is 0.320 e. The van der Waals surface area contributed by atoms with Gasteiger partial charge in [-0.25, -0.2) is 9.67 Å². The highest BCUT2D eigenvalue weighted by atomic mass is 35.5. The zero-order chi connectivity index (χ0) is 18.4. The molecule has 0 radical (unpaired) electrons. The standard InChI is InChI=1S/C16H20ClN5O3/c1-3-10(2)15(16(24)25)19-7-14(23)21-12-6-11(17)4-5-13(12)22-9-18-8-20-22/h4-6,8-10,15,19H,3,7H2,1-2H3,(H,21,23)(H,24,25)/t10-,15-/m0/s1. The number of anilines is 1. The van der Waals surface area contributed by atoms with E-state index >= 15 is 0 Å². The summed E-state index contributed by atoms with van der Waals surface area (Å²) < 4.78 is 1.50. The minimum Gasteiger partial charge on any atom is -0.480 e. The third kappa shape index (κ3) is 5.01. The van der Waals surface area contributed by atoms with Gasteiger partial charge in [0.15, 0.2) is 0 Å². The van der Waals surface area contributed by atoms with Gasteiger partial charge < -0.3 is 10.4 Å². The smallest absolute Gasteiger partial charge is 0.320 e. The molecule has 1 aromatic heterocycles. The predicted octanol–water partition coefficient (Wildman–Crippen LogP) is 1.95. The molecule has 0 saturated carbocycles. The quantitative estimate of drug-likeness (QED) is 0.659. The highest BCUT2D eigenvalue weighted by Gasteiger charge is 2.23. The number of amides is 1. The third-order valence-corrected chi connectivity index (χ3v) is 4.09. The number of aliphatic carboxylic acids is 1. The van der Waals surface area contributed by atoms with Crippen molar-refractivity contribution in [2.75, 3.05) is 11.9 Å². The lowest BCUT2D eigenvalue weighted by Gasteiger charge is -2.20. The molecule has 0 aliphatic carbocycles. The van der Waals surface area contributed by atoms with Gasteiger partial charge in [0.25, 0.3) is 0 Å². The summed E-state index contributed by atoms with van der Waals surface area (Å²) >= 11 is 6.00. The number of aromatic nitrogens is 3. The first-order valence-corrected chi connectivity index (χ1v) is 8.20. The Bertz CT molecular complexity index is 735. The summed E-state index contributed by atoms with van der Waals surface area (Å²) in [5.41, 5.74) is 1.06. The first-order chi connectivity index (χ1) is 11.9. The molecule has 9 heteroatoms. The normalized spacial score (nSPS) is 13.2. The van der Waals surface area contributed by atoms with Crippen LogP contribution in [0.5, 0.6) is 0 Å². The number of nitrogens with one attached hydrogen (secondary N) is 2. The first kappa shape index (κ1) is 18.9. The number of carbonyl (C=O) groups excluding carboxylic acids is 1. The fourth-order valence-electron chi connectivity index (χ4n) is 2.31. The third-order valence-electron chi connectivity index (χ3n) is 3.86. The Morgan fingerprint density at radius 3 is 2.76 bits per heavy atom. The van der Waals surface area contributed by atoms with Crippen molar-refractivity contribution < 1.29 is 14.7 Å². The van der Waals surface area contributed by atoms with Gasteiger partial charge in [-0.05, 0) is 24.1 Å². The highest BCUT2D eigenvalue weighted by molar-refractivity contribution is 6.31. The Morgan fingerprint density at radius 2 is 2.16 bits per heavy atom. The van der Waals surface area contributed by atoms with Crippen molar-refractivity contribution in [3.05, 3.63) is 35.9 Å². The van der Waals surface area contributed by atoms with E-state index < -0.39 is 12.0 Å². The largest absolute Gasteiger partial charge is 0.480 e. The lowest BCUT2D eigenvalue weighted by Crippen LogP contribution is -2.45. The van der Waals surface area contributed by atoms with Crippen molar-refractivity contribution in [1.82, 2.24) is 20.1 Å². The van der Waals surface area contributed by atoms with Gasteiger partial charge in [0.1, 0.15) is 18.7 Å². The molecule has 0 fully saturated rings.